The smallest absolute Gasteiger partial charge is 0.254 e. The van der Waals surface area contributed by atoms with Crippen molar-refractivity contribution < 1.29 is 9.53 Å². The van der Waals surface area contributed by atoms with E-state index in [1.807, 2.05) is 42.7 Å². The first-order valence-electron chi connectivity index (χ1n) is 8.38. The zero-order valence-electron chi connectivity index (χ0n) is 15.4. The van der Waals surface area contributed by atoms with Crippen molar-refractivity contribution in [2.75, 3.05) is 27.0 Å². The van der Waals surface area contributed by atoms with Crippen LogP contribution in [-0.2, 0) is 4.74 Å². The van der Waals surface area contributed by atoms with E-state index in [1.165, 1.54) is 11.8 Å². The van der Waals surface area contributed by atoms with Crippen molar-refractivity contribution in [2.24, 2.45) is 0 Å². The normalized spacial score (nSPS) is 12.0. The number of nitrogens with one attached hydrogen (secondary N) is 1. The highest BCUT2D eigenvalue weighted by Crippen LogP contribution is 2.23. The molecule has 2 aromatic heterocycles. The van der Waals surface area contributed by atoms with Crippen LogP contribution in [0.2, 0.25) is 0 Å². The number of aromatic nitrogens is 4. The summed E-state index contributed by atoms with van der Waals surface area (Å²) in [4.78, 5) is 23.5. The van der Waals surface area contributed by atoms with Gasteiger partial charge in [0, 0.05) is 31.5 Å². The topological polar surface area (TPSA) is 84.0 Å². The van der Waals surface area contributed by atoms with Gasteiger partial charge in [0.1, 0.15) is 0 Å². The van der Waals surface area contributed by atoms with Gasteiger partial charge in [0.25, 0.3) is 5.91 Å². The van der Waals surface area contributed by atoms with E-state index in [1.54, 1.807) is 31.3 Å². The third-order valence-electron chi connectivity index (χ3n) is 4.17. The summed E-state index contributed by atoms with van der Waals surface area (Å²) in [6.45, 7) is 0.359. The predicted molar refractivity (Wildman–Crippen MR) is 105 cm³/mol. The number of aromatic amines is 1. The van der Waals surface area contributed by atoms with Crippen LogP contribution in [0, 0.1) is 0 Å². The van der Waals surface area contributed by atoms with Crippen molar-refractivity contribution in [3.63, 3.8) is 0 Å². The maximum Gasteiger partial charge on any atom is 0.254 e. The third kappa shape index (κ3) is 4.35. The number of hydrogen-bond acceptors (Lipinski definition) is 6. The number of rotatable bonds is 7. The van der Waals surface area contributed by atoms with Gasteiger partial charge in [-0.3, -0.25) is 14.9 Å². The molecule has 0 spiro atoms. The quantitative estimate of drug-likeness (QED) is 0.631. The zero-order chi connectivity index (χ0) is 19.2. The number of pyridine rings is 1. The highest BCUT2D eigenvalue weighted by atomic mass is 32.2. The highest BCUT2D eigenvalue weighted by Gasteiger charge is 2.24. The van der Waals surface area contributed by atoms with Gasteiger partial charge < -0.3 is 9.64 Å². The van der Waals surface area contributed by atoms with Crippen LogP contribution in [0.1, 0.15) is 22.1 Å². The largest absolute Gasteiger partial charge is 0.382 e. The van der Waals surface area contributed by atoms with Gasteiger partial charge >= 0.3 is 0 Å². The van der Waals surface area contributed by atoms with Crippen LogP contribution in [0.3, 0.4) is 0 Å². The average Bonchev–Trinajstić information content (AvgIpc) is 3.21. The number of methoxy groups -OCH3 is 1. The Hall–Kier alpha value is -2.71. The van der Waals surface area contributed by atoms with Crippen LogP contribution in [0.4, 0.5) is 0 Å². The standard InChI is InChI=1S/C19H21N5O2S/c1-24(16(12-26-2)15-9-4-5-10-20-15)18(25)14-8-6-7-13(11-14)17-21-19(27-3)23-22-17/h4-11,16H,12H2,1-3H3,(H,21,22,23)/t16-/m1/s1. The first kappa shape index (κ1) is 19.1. The Morgan fingerprint density at radius 1 is 1.30 bits per heavy atom. The minimum atomic E-state index is -0.277. The lowest BCUT2D eigenvalue weighted by Gasteiger charge is -2.27. The molecule has 2 heterocycles. The summed E-state index contributed by atoms with van der Waals surface area (Å²) in [5.41, 5.74) is 2.16. The van der Waals surface area contributed by atoms with E-state index in [0.717, 1.165) is 11.3 Å². The van der Waals surface area contributed by atoms with E-state index < -0.39 is 0 Å². The van der Waals surface area contributed by atoms with Crippen LogP contribution < -0.4 is 0 Å². The molecule has 0 fully saturated rings. The molecule has 0 unspecified atom stereocenters. The van der Waals surface area contributed by atoms with Crippen LogP contribution in [-0.4, -0.2) is 58.0 Å². The van der Waals surface area contributed by atoms with Crippen LogP contribution in [0.5, 0.6) is 0 Å². The Labute approximate surface area is 162 Å². The molecule has 3 rings (SSSR count). The molecular weight excluding hydrogens is 362 g/mol. The van der Waals surface area contributed by atoms with Gasteiger partial charge in [-0.05, 0) is 30.5 Å². The number of hydrogen-bond donors (Lipinski definition) is 1. The second kappa shape index (κ2) is 8.79. The number of carbonyl (C=O) groups excluding carboxylic acids is 1. The van der Waals surface area contributed by atoms with Crippen LogP contribution in [0.15, 0.2) is 53.8 Å². The summed E-state index contributed by atoms with van der Waals surface area (Å²) in [5.74, 6) is 0.518. The summed E-state index contributed by atoms with van der Waals surface area (Å²) >= 11 is 1.46. The second-order valence-corrected chi connectivity index (χ2v) is 6.67. The molecule has 1 atom stereocenters. The van der Waals surface area contributed by atoms with E-state index in [4.69, 9.17) is 4.74 Å². The summed E-state index contributed by atoms with van der Waals surface area (Å²) in [5, 5.41) is 7.68. The molecule has 0 saturated heterocycles. The number of benzene rings is 1. The van der Waals surface area contributed by atoms with Crippen molar-refractivity contribution in [3.8, 4) is 11.4 Å². The molecule has 0 saturated carbocycles. The van der Waals surface area contributed by atoms with E-state index in [-0.39, 0.29) is 11.9 Å². The molecule has 140 valence electrons. The molecule has 7 nitrogen and oxygen atoms in total. The Morgan fingerprint density at radius 3 is 2.81 bits per heavy atom. The lowest BCUT2D eigenvalue weighted by molar-refractivity contribution is 0.0595. The molecule has 8 heteroatoms. The first-order chi connectivity index (χ1) is 13.1. The van der Waals surface area contributed by atoms with Gasteiger partial charge in [-0.15, -0.1) is 5.10 Å². The highest BCUT2D eigenvalue weighted by molar-refractivity contribution is 7.98. The molecule has 1 N–H and O–H groups in total. The summed E-state index contributed by atoms with van der Waals surface area (Å²) in [7, 11) is 3.37. The summed E-state index contributed by atoms with van der Waals surface area (Å²) in [6.07, 6.45) is 3.62. The van der Waals surface area contributed by atoms with Gasteiger partial charge in [-0.1, -0.05) is 30.0 Å². The molecule has 0 aliphatic heterocycles. The van der Waals surface area contributed by atoms with Gasteiger partial charge in [-0.25, -0.2) is 4.98 Å². The number of thioether (sulfide) groups is 1. The van der Waals surface area contributed by atoms with E-state index in [0.29, 0.717) is 23.2 Å². The number of nitrogens with zero attached hydrogens (tertiary/aromatic N) is 4. The third-order valence-corrected chi connectivity index (χ3v) is 4.72. The minimum Gasteiger partial charge on any atom is -0.382 e. The molecule has 27 heavy (non-hydrogen) atoms. The van der Waals surface area contributed by atoms with Gasteiger partial charge in [0.15, 0.2) is 5.82 Å². The number of carbonyl (C=O) groups is 1. The Kier molecular flexibility index (Phi) is 6.20. The van der Waals surface area contributed by atoms with Crippen molar-refractivity contribution in [2.45, 2.75) is 11.2 Å². The van der Waals surface area contributed by atoms with Crippen LogP contribution in [0.25, 0.3) is 11.4 Å². The molecule has 0 bridgehead atoms. The van der Waals surface area contributed by atoms with Gasteiger partial charge in [-0.2, -0.15) is 0 Å². The van der Waals surface area contributed by atoms with E-state index in [9.17, 15) is 4.79 Å². The molecule has 0 aliphatic rings. The fourth-order valence-electron chi connectivity index (χ4n) is 2.74. The van der Waals surface area contributed by atoms with E-state index >= 15 is 0 Å². The molecular formula is C19H21N5O2S. The molecule has 0 aliphatic carbocycles. The van der Waals surface area contributed by atoms with E-state index in [2.05, 4.69) is 20.2 Å². The van der Waals surface area contributed by atoms with Crippen molar-refractivity contribution in [3.05, 3.63) is 59.9 Å². The fourth-order valence-corrected chi connectivity index (χ4v) is 3.06. The van der Waals surface area contributed by atoms with Gasteiger partial charge in [0.2, 0.25) is 5.16 Å². The lowest BCUT2D eigenvalue weighted by atomic mass is 10.1. The van der Waals surface area contributed by atoms with Gasteiger partial charge in [0.05, 0.1) is 18.3 Å². The van der Waals surface area contributed by atoms with Crippen molar-refractivity contribution in [1.29, 1.82) is 0 Å². The number of likely N-dealkylation sites (N-methyl/N-ethyl adjacent to an activating group) is 1. The second-order valence-electron chi connectivity index (χ2n) is 5.89. The summed E-state index contributed by atoms with van der Waals surface area (Å²) < 4.78 is 5.31. The fraction of sp³-hybridized carbons (Fsp3) is 0.263. The number of amides is 1. The predicted octanol–water partition coefficient (Wildman–Crippen LogP) is 3.05. The maximum absolute atomic E-state index is 13.1. The monoisotopic (exact) mass is 383 g/mol. The molecule has 3 aromatic rings. The Morgan fingerprint density at radius 2 is 2.15 bits per heavy atom. The first-order valence-corrected chi connectivity index (χ1v) is 9.60. The SMILES string of the molecule is COC[C@H](c1ccccn1)N(C)C(=O)c1cccc(-c2nc(SC)n[nH]2)c1. The van der Waals surface area contributed by atoms with Crippen LogP contribution >= 0.6 is 11.8 Å². The van der Waals surface area contributed by atoms with Crippen molar-refractivity contribution >= 4 is 17.7 Å². The lowest BCUT2D eigenvalue weighted by Crippen LogP contribution is -2.34. The Bertz CT molecular complexity index is 900. The minimum absolute atomic E-state index is 0.117. The summed E-state index contributed by atoms with van der Waals surface area (Å²) in [6, 6.07) is 12.7. The molecule has 1 amide bonds. The Balaban J connectivity index is 1.86. The van der Waals surface area contributed by atoms with Crippen molar-refractivity contribution in [1.82, 2.24) is 25.1 Å². The molecule has 0 radical (unpaired) electrons. The zero-order valence-corrected chi connectivity index (χ0v) is 16.2. The number of ether oxygens (including phenoxy) is 1. The average molecular weight is 383 g/mol. The molecule has 1 aromatic carbocycles. The maximum atomic E-state index is 13.1. The number of H-pyrrole nitrogens is 1.